The molecule has 1 unspecified atom stereocenters. The predicted molar refractivity (Wildman–Crippen MR) is 64.9 cm³/mol. The van der Waals surface area contributed by atoms with E-state index in [4.69, 9.17) is 0 Å². The molecule has 1 fully saturated rings. The molecule has 0 saturated carbocycles. The summed E-state index contributed by atoms with van der Waals surface area (Å²) in [6.45, 7) is 3.55. The highest BCUT2D eigenvalue weighted by Gasteiger charge is 2.31. The number of amides is 2. The maximum atomic E-state index is 11.7. The number of hydrogen-bond donors (Lipinski definition) is 1. The van der Waals surface area contributed by atoms with Crippen molar-refractivity contribution < 1.29 is 22.7 Å². The fraction of sp³-hybridized carbons (Fsp3) is 0.800. The Labute approximate surface area is 106 Å². The van der Waals surface area contributed by atoms with Crippen LogP contribution in [0.5, 0.6) is 0 Å². The average molecular weight is 278 g/mol. The normalized spacial score (nSPS) is 22.3. The Balaban J connectivity index is 2.45. The summed E-state index contributed by atoms with van der Waals surface area (Å²) < 4.78 is 27.4. The van der Waals surface area contributed by atoms with Crippen LogP contribution in [0.1, 0.15) is 13.8 Å². The van der Waals surface area contributed by atoms with Crippen LogP contribution in [-0.4, -0.2) is 62.6 Å². The second-order valence-corrected chi connectivity index (χ2v) is 6.35. The summed E-state index contributed by atoms with van der Waals surface area (Å²) in [5, 5.41) is 2.41. The fourth-order valence-electron chi connectivity index (χ4n) is 1.76. The first kappa shape index (κ1) is 14.7. The third-order valence-electron chi connectivity index (χ3n) is 2.62. The van der Waals surface area contributed by atoms with Crippen molar-refractivity contribution >= 4 is 21.8 Å². The molecule has 1 saturated heterocycles. The lowest BCUT2D eigenvalue weighted by Crippen LogP contribution is -2.53. The summed E-state index contributed by atoms with van der Waals surface area (Å²) in [7, 11) is -3.05. The van der Waals surface area contributed by atoms with E-state index in [0.717, 1.165) is 0 Å². The molecule has 0 aromatic rings. The summed E-state index contributed by atoms with van der Waals surface area (Å²) in [5.74, 6) is -0.590. The third kappa shape index (κ3) is 4.17. The van der Waals surface area contributed by atoms with Gasteiger partial charge in [0.1, 0.15) is 6.54 Å². The standard InChI is InChI=1S/C10H18N2O5S/c1-3-17-9(13)6-11-10(14)12-4-5-18(15,16)7-8(12)2/h8H,3-7H2,1-2H3,(H,11,14). The molecule has 1 N–H and O–H groups in total. The molecule has 8 heteroatoms. The SMILES string of the molecule is CCOC(=O)CNC(=O)N1CCS(=O)(=O)CC1C. The van der Waals surface area contributed by atoms with Gasteiger partial charge in [0.25, 0.3) is 0 Å². The van der Waals surface area contributed by atoms with Crippen LogP contribution in [-0.2, 0) is 19.4 Å². The first-order valence-electron chi connectivity index (χ1n) is 5.76. The lowest BCUT2D eigenvalue weighted by molar-refractivity contribution is -0.141. The summed E-state index contributed by atoms with van der Waals surface area (Å²) in [6.07, 6.45) is 0. The van der Waals surface area contributed by atoms with Gasteiger partial charge in [0, 0.05) is 12.6 Å². The number of nitrogens with zero attached hydrogens (tertiary/aromatic N) is 1. The van der Waals surface area contributed by atoms with E-state index in [2.05, 4.69) is 10.1 Å². The van der Waals surface area contributed by atoms with E-state index in [-0.39, 0.29) is 37.2 Å². The first-order valence-corrected chi connectivity index (χ1v) is 7.58. The Morgan fingerprint density at radius 3 is 2.67 bits per heavy atom. The lowest BCUT2D eigenvalue weighted by atomic mass is 10.3. The molecule has 1 aliphatic rings. The van der Waals surface area contributed by atoms with Gasteiger partial charge < -0.3 is 15.0 Å². The largest absolute Gasteiger partial charge is 0.465 e. The zero-order valence-electron chi connectivity index (χ0n) is 10.5. The topological polar surface area (TPSA) is 92.8 Å². The molecule has 0 spiro atoms. The van der Waals surface area contributed by atoms with Gasteiger partial charge in [-0.2, -0.15) is 0 Å². The molecule has 0 aliphatic carbocycles. The van der Waals surface area contributed by atoms with Crippen LogP contribution in [0.4, 0.5) is 4.79 Å². The Morgan fingerprint density at radius 1 is 1.44 bits per heavy atom. The van der Waals surface area contributed by atoms with Crippen molar-refractivity contribution in [2.75, 3.05) is 31.2 Å². The number of carbonyl (C=O) groups is 2. The number of ether oxygens (including phenoxy) is 1. The lowest BCUT2D eigenvalue weighted by Gasteiger charge is -2.32. The summed E-state index contributed by atoms with van der Waals surface area (Å²) in [4.78, 5) is 24.2. The number of nitrogens with one attached hydrogen (secondary N) is 1. The van der Waals surface area contributed by atoms with Crippen molar-refractivity contribution in [2.24, 2.45) is 0 Å². The van der Waals surface area contributed by atoms with E-state index in [1.165, 1.54) is 4.90 Å². The Kier molecular flexibility index (Phi) is 4.94. The maximum absolute atomic E-state index is 11.7. The van der Waals surface area contributed by atoms with Gasteiger partial charge in [0.15, 0.2) is 9.84 Å². The van der Waals surface area contributed by atoms with Gasteiger partial charge in [-0.15, -0.1) is 0 Å². The van der Waals surface area contributed by atoms with E-state index < -0.39 is 21.8 Å². The molecule has 104 valence electrons. The van der Waals surface area contributed by atoms with Gasteiger partial charge in [-0.25, -0.2) is 13.2 Å². The molecule has 1 atom stereocenters. The minimum Gasteiger partial charge on any atom is -0.465 e. The van der Waals surface area contributed by atoms with Gasteiger partial charge in [-0.1, -0.05) is 0 Å². The molecule has 0 bridgehead atoms. The van der Waals surface area contributed by atoms with E-state index in [1.807, 2.05) is 0 Å². The number of hydrogen-bond acceptors (Lipinski definition) is 5. The van der Waals surface area contributed by atoms with Crippen LogP contribution >= 0.6 is 0 Å². The number of urea groups is 1. The fourth-order valence-corrected chi connectivity index (χ4v) is 3.32. The Hall–Kier alpha value is -1.31. The zero-order chi connectivity index (χ0) is 13.8. The number of carbonyl (C=O) groups excluding carboxylic acids is 2. The highest BCUT2D eigenvalue weighted by atomic mass is 32.2. The van der Waals surface area contributed by atoms with Crippen LogP contribution in [0.25, 0.3) is 0 Å². The first-order chi connectivity index (χ1) is 8.35. The molecule has 0 aromatic heterocycles. The Morgan fingerprint density at radius 2 is 2.11 bits per heavy atom. The van der Waals surface area contributed by atoms with E-state index in [9.17, 15) is 18.0 Å². The van der Waals surface area contributed by atoms with Crippen LogP contribution in [0, 0.1) is 0 Å². The van der Waals surface area contributed by atoms with Crippen molar-refractivity contribution in [2.45, 2.75) is 19.9 Å². The highest BCUT2D eigenvalue weighted by molar-refractivity contribution is 7.91. The van der Waals surface area contributed by atoms with Crippen LogP contribution < -0.4 is 5.32 Å². The maximum Gasteiger partial charge on any atom is 0.325 e. The summed E-state index contributed by atoms with van der Waals surface area (Å²) in [6, 6.07) is -0.823. The van der Waals surface area contributed by atoms with E-state index in [1.54, 1.807) is 13.8 Å². The third-order valence-corrected chi connectivity index (χ3v) is 4.42. The van der Waals surface area contributed by atoms with Gasteiger partial charge >= 0.3 is 12.0 Å². The molecule has 1 aliphatic heterocycles. The second kappa shape index (κ2) is 6.03. The van der Waals surface area contributed by atoms with Crippen molar-refractivity contribution in [1.29, 1.82) is 0 Å². The minimum atomic E-state index is -3.05. The van der Waals surface area contributed by atoms with Crippen LogP contribution in [0.2, 0.25) is 0 Å². The summed E-state index contributed by atoms with van der Waals surface area (Å²) in [5.41, 5.74) is 0. The number of rotatable bonds is 3. The number of sulfone groups is 1. The Bertz CT molecular complexity index is 420. The molecule has 0 aromatic carbocycles. The van der Waals surface area contributed by atoms with Crippen molar-refractivity contribution in [3.63, 3.8) is 0 Å². The average Bonchev–Trinajstić information content (AvgIpc) is 2.25. The number of esters is 1. The summed E-state index contributed by atoms with van der Waals surface area (Å²) >= 11 is 0. The van der Waals surface area contributed by atoms with Crippen molar-refractivity contribution in [1.82, 2.24) is 10.2 Å². The van der Waals surface area contributed by atoms with Crippen LogP contribution in [0.3, 0.4) is 0 Å². The van der Waals surface area contributed by atoms with Gasteiger partial charge in [-0.05, 0) is 13.8 Å². The van der Waals surface area contributed by atoms with Gasteiger partial charge in [-0.3, -0.25) is 4.79 Å². The molecular formula is C10H18N2O5S. The molecule has 0 radical (unpaired) electrons. The molecule has 1 heterocycles. The zero-order valence-corrected chi connectivity index (χ0v) is 11.3. The predicted octanol–water partition coefficient (Wildman–Crippen LogP) is -0.622. The van der Waals surface area contributed by atoms with Gasteiger partial charge in [0.2, 0.25) is 0 Å². The quantitative estimate of drug-likeness (QED) is 0.694. The smallest absolute Gasteiger partial charge is 0.325 e. The molecule has 7 nitrogen and oxygen atoms in total. The van der Waals surface area contributed by atoms with Crippen LogP contribution in [0.15, 0.2) is 0 Å². The molecule has 2 amide bonds. The molecular weight excluding hydrogens is 260 g/mol. The minimum absolute atomic E-state index is 0.0375. The van der Waals surface area contributed by atoms with Gasteiger partial charge in [0.05, 0.1) is 18.1 Å². The van der Waals surface area contributed by atoms with E-state index in [0.29, 0.717) is 0 Å². The molecule has 1 rings (SSSR count). The van der Waals surface area contributed by atoms with E-state index >= 15 is 0 Å². The second-order valence-electron chi connectivity index (χ2n) is 4.12. The highest BCUT2D eigenvalue weighted by Crippen LogP contribution is 2.11. The van der Waals surface area contributed by atoms with Crippen molar-refractivity contribution in [3.05, 3.63) is 0 Å². The monoisotopic (exact) mass is 278 g/mol. The van der Waals surface area contributed by atoms with Crippen molar-refractivity contribution in [3.8, 4) is 0 Å². The molecule has 18 heavy (non-hydrogen) atoms.